The van der Waals surface area contributed by atoms with E-state index in [9.17, 15) is 4.79 Å². The summed E-state index contributed by atoms with van der Waals surface area (Å²) in [4.78, 5) is 10.8. The number of hydrogen-bond donors (Lipinski definition) is 1. The molecule has 0 bridgehead atoms. The minimum Gasteiger partial charge on any atom is -0.457 e. The van der Waals surface area contributed by atoms with E-state index in [1.54, 1.807) is 6.92 Å². The number of ether oxygens (including phenoxy) is 1. The van der Waals surface area contributed by atoms with Crippen LogP contribution in [0, 0.1) is 0 Å². The van der Waals surface area contributed by atoms with E-state index in [0.717, 1.165) is 17.1 Å². The standard InChI is InChI=1S/C16H17NO2/c1-13(18)11-17-12-14-7-9-16(10-8-14)19-15-5-3-2-4-6-15/h2-10,17H,11-12H2,1H3. The van der Waals surface area contributed by atoms with Gasteiger partial charge in [-0.15, -0.1) is 0 Å². The van der Waals surface area contributed by atoms with Gasteiger partial charge in [-0.25, -0.2) is 0 Å². The van der Waals surface area contributed by atoms with Crippen LogP contribution in [0.2, 0.25) is 0 Å². The summed E-state index contributed by atoms with van der Waals surface area (Å²) in [5, 5.41) is 3.08. The molecule has 0 fully saturated rings. The summed E-state index contributed by atoms with van der Waals surface area (Å²) >= 11 is 0. The van der Waals surface area contributed by atoms with E-state index in [0.29, 0.717) is 13.1 Å². The lowest BCUT2D eigenvalue weighted by atomic mass is 10.2. The molecule has 3 nitrogen and oxygen atoms in total. The molecule has 0 atom stereocenters. The number of benzene rings is 2. The van der Waals surface area contributed by atoms with Gasteiger partial charge in [-0.1, -0.05) is 30.3 Å². The molecule has 0 aliphatic heterocycles. The molecule has 19 heavy (non-hydrogen) atoms. The van der Waals surface area contributed by atoms with Gasteiger partial charge in [0.2, 0.25) is 0 Å². The van der Waals surface area contributed by atoms with E-state index in [1.165, 1.54) is 0 Å². The number of Topliss-reactive ketones (excluding diaryl/α,β-unsaturated/α-hetero) is 1. The Bertz CT molecular complexity index is 520. The Morgan fingerprint density at radius 1 is 1.00 bits per heavy atom. The summed E-state index contributed by atoms with van der Waals surface area (Å²) in [5.41, 5.74) is 1.13. The molecule has 0 aromatic heterocycles. The molecule has 2 aromatic rings. The molecule has 2 rings (SSSR count). The first-order chi connectivity index (χ1) is 9.24. The zero-order valence-electron chi connectivity index (χ0n) is 10.9. The second-order valence-electron chi connectivity index (χ2n) is 4.36. The Kier molecular flexibility index (Phi) is 4.70. The second-order valence-corrected chi connectivity index (χ2v) is 4.36. The van der Waals surface area contributed by atoms with Crippen molar-refractivity contribution in [2.24, 2.45) is 0 Å². The molecule has 0 amide bonds. The van der Waals surface area contributed by atoms with Gasteiger partial charge in [0, 0.05) is 6.54 Å². The van der Waals surface area contributed by atoms with E-state index in [-0.39, 0.29) is 5.78 Å². The molecule has 2 aromatic carbocycles. The van der Waals surface area contributed by atoms with Gasteiger partial charge in [-0.2, -0.15) is 0 Å². The van der Waals surface area contributed by atoms with E-state index >= 15 is 0 Å². The summed E-state index contributed by atoms with van der Waals surface area (Å²) in [5.74, 6) is 1.77. The molecule has 1 N–H and O–H groups in total. The maximum absolute atomic E-state index is 10.8. The SMILES string of the molecule is CC(=O)CNCc1ccc(Oc2ccccc2)cc1. The third kappa shape index (κ3) is 4.56. The van der Waals surface area contributed by atoms with Crippen molar-refractivity contribution in [1.29, 1.82) is 0 Å². The number of para-hydroxylation sites is 1. The summed E-state index contributed by atoms with van der Waals surface area (Å²) in [6.45, 7) is 2.66. The second kappa shape index (κ2) is 6.71. The first-order valence-electron chi connectivity index (χ1n) is 6.26. The number of carbonyl (C=O) groups is 1. The van der Waals surface area contributed by atoms with Crippen LogP contribution in [-0.2, 0) is 11.3 Å². The van der Waals surface area contributed by atoms with Crippen molar-refractivity contribution < 1.29 is 9.53 Å². The predicted molar refractivity (Wildman–Crippen MR) is 75.3 cm³/mol. The topological polar surface area (TPSA) is 38.3 Å². The quantitative estimate of drug-likeness (QED) is 0.861. The van der Waals surface area contributed by atoms with E-state index in [1.807, 2.05) is 54.6 Å². The molecule has 0 heterocycles. The number of ketones is 1. The predicted octanol–water partition coefficient (Wildman–Crippen LogP) is 3.16. The molecule has 0 unspecified atom stereocenters. The molecule has 0 spiro atoms. The van der Waals surface area contributed by atoms with E-state index < -0.39 is 0 Å². The van der Waals surface area contributed by atoms with Gasteiger partial charge in [0.1, 0.15) is 17.3 Å². The van der Waals surface area contributed by atoms with E-state index in [2.05, 4.69) is 5.32 Å². The molecule has 0 aliphatic carbocycles. The molecule has 0 aliphatic rings. The van der Waals surface area contributed by atoms with Crippen molar-refractivity contribution in [3.05, 3.63) is 60.2 Å². The average Bonchev–Trinajstić information content (AvgIpc) is 2.42. The summed E-state index contributed by atoms with van der Waals surface area (Å²) < 4.78 is 5.70. The fraction of sp³-hybridized carbons (Fsp3) is 0.188. The maximum Gasteiger partial charge on any atom is 0.143 e. The average molecular weight is 255 g/mol. The van der Waals surface area contributed by atoms with Crippen molar-refractivity contribution in [2.75, 3.05) is 6.54 Å². The normalized spacial score (nSPS) is 10.2. The minimum absolute atomic E-state index is 0.143. The first-order valence-corrected chi connectivity index (χ1v) is 6.26. The first kappa shape index (κ1) is 13.3. The highest BCUT2D eigenvalue weighted by atomic mass is 16.5. The number of hydrogen-bond acceptors (Lipinski definition) is 3. The zero-order chi connectivity index (χ0) is 13.5. The molecule has 0 radical (unpaired) electrons. The van der Waals surface area contributed by atoms with Gasteiger partial charge >= 0.3 is 0 Å². The monoisotopic (exact) mass is 255 g/mol. The summed E-state index contributed by atoms with van der Waals surface area (Å²) in [6, 6.07) is 17.5. The van der Waals surface area contributed by atoms with Crippen LogP contribution < -0.4 is 10.1 Å². The Labute approximate surface area is 113 Å². The fourth-order valence-corrected chi connectivity index (χ4v) is 1.68. The lowest BCUT2D eigenvalue weighted by Gasteiger charge is -2.07. The van der Waals surface area contributed by atoms with Gasteiger partial charge in [0.15, 0.2) is 0 Å². The van der Waals surface area contributed by atoms with Crippen LogP contribution in [0.3, 0.4) is 0 Å². The van der Waals surface area contributed by atoms with E-state index in [4.69, 9.17) is 4.74 Å². The third-order valence-corrected chi connectivity index (χ3v) is 2.61. The number of nitrogens with one attached hydrogen (secondary N) is 1. The van der Waals surface area contributed by atoms with Crippen LogP contribution in [-0.4, -0.2) is 12.3 Å². The molecular weight excluding hydrogens is 238 g/mol. The van der Waals surface area contributed by atoms with Gasteiger partial charge in [-0.3, -0.25) is 4.79 Å². The molecule has 3 heteroatoms. The van der Waals surface area contributed by atoms with Crippen LogP contribution in [0.5, 0.6) is 11.5 Å². The fourth-order valence-electron chi connectivity index (χ4n) is 1.68. The highest BCUT2D eigenvalue weighted by Crippen LogP contribution is 2.20. The van der Waals surface area contributed by atoms with Crippen LogP contribution in [0.4, 0.5) is 0 Å². The van der Waals surface area contributed by atoms with Crippen molar-refractivity contribution >= 4 is 5.78 Å². The van der Waals surface area contributed by atoms with Crippen molar-refractivity contribution in [2.45, 2.75) is 13.5 Å². The van der Waals surface area contributed by atoms with Gasteiger partial charge in [0.05, 0.1) is 6.54 Å². The van der Waals surface area contributed by atoms with Gasteiger partial charge in [-0.05, 0) is 36.8 Å². The molecule has 98 valence electrons. The molecular formula is C16H17NO2. The third-order valence-electron chi connectivity index (χ3n) is 2.61. The summed E-state index contributed by atoms with van der Waals surface area (Å²) in [6.07, 6.45) is 0. The van der Waals surface area contributed by atoms with Crippen LogP contribution in [0.1, 0.15) is 12.5 Å². The van der Waals surface area contributed by atoms with Crippen LogP contribution in [0.15, 0.2) is 54.6 Å². The van der Waals surface area contributed by atoms with Crippen molar-refractivity contribution in [1.82, 2.24) is 5.32 Å². The van der Waals surface area contributed by atoms with Crippen LogP contribution in [0.25, 0.3) is 0 Å². The van der Waals surface area contributed by atoms with Crippen molar-refractivity contribution in [3.63, 3.8) is 0 Å². The zero-order valence-corrected chi connectivity index (χ0v) is 10.9. The number of carbonyl (C=O) groups excluding carboxylic acids is 1. The smallest absolute Gasteiger partial charge is 0.143 e. The van der Waals surface area contributed by atoms with Gasteiger partial charge in [0.25, 0.3) is 0 Å². The van der Waals surface area contributed by atoms with Gasteiger partial charge < -0.3 is 10.1 Å². The Hall–Kier alpha value is -2.13. The highest BCUT2D eigenvalue weighted by Gasteiger charge is 1.98. The molecule has 0 saturated heterocycles. The van der Waals surface area contributed by atoms with Crippen LogP contribution >= 0.6 is 0 Å². The lowest BCUT2D eigenvalue weighted by molar-refractivity contribution is -0.116. The number of rotatable bonds is 6. The Morgan fingerprint density at radius 2 is 1.63 bits per heavy atom. The minimum atomic E-state index is 0.143. The highest BCUT2D eigenvalue weighted by molar-refractivity contribution is 5.77. The molecule has 0 saturated carbocycles. The summed E-state index contributed by atoms with van der Waals surface area (Å²) in [7, 11) is 0. The largest absolute Gasteiger partial charge is 0.457 e. The lowest BCUT2D eigenvalue weighted by Crippen LogP contribution is -2.20. The Morgan fingerprint density at radius 3 is 2.26 bits per heavy atom. The van der Waals surface area contributed by atoms with Crippen molar-refractivity contribution in [3.8, 4) is 11.5 Å². The Balaban J connectivity index is 1.89. The maximum atomic E-state index is 10.8.